The molecule has 0 radical (unpaired) electrons. The summed E-state index contributed by atoms with van der Waals surface area (Å²) in [6.45, 7) is 4.80. The average Bonchev–Trinajstić information content (AvgIpc) is 3.61. The summed E-state index contributed by atoms with van der Waals surface area (Å²) in [5.41, 5.74) is 16.5. The molecule has 13 rings (SSSR count). The van der Waals surface area contributed by atoms with E-state index in [1.807, 2.05) is 0 Å². The predicted molar refractivity (Wildman–Crippen MR) is 211 cm³/mol. The first-order valence-electron chi connectivity index (χ1n) is 19.3. The Bertz CT molecular complexity index is 2470. The second-order valence-corrected chi connectivity index (χ2v) is 17.0. The lowest BCUT2D eigenvalue weighted by atomic mass is 9.41. The van der Waals surface area contributed by atoms with Crippen LogP contribution in [0.3, 0.4) is 0 Å². The van der Waals surface area contributed by atoms with E-state index >= 15 is 0 Å². The number of hydrogen-bond donors (Lipinski definition) is 0. The maximum absolute atomic E-state index is 2.61. The van der Waals surface area contributed by atoms with Crippen LogP contribution in [0, 0.1) is 23.7 Å². The number of rotatable bonds is 2. The molecule has 1 spiro atoms. The molecule has 248 valence electrons. The van der Waals surface area contributed by atoms with Crippen LogP contribution in [0.15, 0.2) is 133 Å². The molecule has 2 nitrogen and oxygen atoms in total. The van der Waals surface area contributed by atoms with Crippen LogP contribution in [-0.2, 0) is 10.8 Å². The first-order chi connectivity index (χ1) is 25.0. The van der Waals surface area contributed by atoms with Gasteiger partial charge in [-0.2, -0.15) is 0 Å². The van der Waals surface area contributed by atoms with Crippen molar-refractivity contribution in [2.45, 2.75) is 56.8 Å². The van der Waals surface area contributed by atoms with Crippen molar-refractivity contribution in [2.75, 3.05) is 4.90 Å². The largest absolute Gasteiger partial charge is 0.310 e. The average molecular weight is 659 g/mol. The number of benzene rings is 6. The van der Waals surface area contributed by atoms with Gasteiger partial charge in [-0.05, 0) is 138 Å². The molecular weight excluding hydrogens is 617 g/mol. The Morgan fingerprint density at radius 2 is 0.941 bits per heavy atom. The van der Waals surface area contributed by atoms with Crippen molar-refractivity contribution in [3.63, 3.8) is 0 Å². The summed E-state index contributed by atoms with van der Waals surface area (Å²) in [6, 6.07) is 51.3. The molecule has 0 N–H and O–H groups in total. The third-order valence-electron chi connectivity index (χ3n) is 14.3. The van der Waals surface area contributed by atoms with Crippen LogP contribution in [0.2, 0.25) is 0 Å². The molecule has 1 aromatic heterocycles. The number of fused-ring (bicyclic) bond motifs is 8. The minimum absolute atomic E-state index is 0.0787. The molecule has 2 heterocycles. The number of anilines is 3. The van der Waals surface area contributed by atoms with Gasteiger partial charge in [0.25, 0.3) is 0 Å². The Labute approximate surface area is 300 Å². The highest BCUT2D eigenvalue weighted by Crippen LogP contribution is 2.69. The predicted octanol–water partition coefficient (Wildman–Crippen LogP) is 12.6. The molecule has 5 aliphatic carbocycles. The van der Waals surface area contributed by atoms with Crippen LogP contribution >= 0.6 is 0 Å². The van der Waals surface area contributed by atoms with E-state index < -0.39 is 0 Å². The standard InChI is InChI=1S/C49H42N2/c1-48(2)40-21-19-34(50-44-15-7-3-11-36(44)37-12-4-8-16-45(37)50)28-38(40)39-29-35(20-22-41(39)48)51-46-17-9-5-13-42(46)49(43-14-6-10-18-47(43)51)32-24-30-23-31(26-32)27-33(49)25-30/h3-22,28-33H,23-27H2,1-2H3. The van der Waals surface area contributed by atoms with Gasteiger partial charge in [0.1, 0.15) is 0 Å². The highest BCUT2D eigenvalue weighted by molar-refractivity contribution is 6.09. The number of nitrogens with zero attached hydrogens (tertiary/aromatic N) is 2. The molecule has 2 heteroatoms. The summed E-state index contributed by atoms with van der Waals surface area (Å²) < 4.78 is 2.46. The first-order valence-corrected chi connectivity index (χ1v) is 19.3. The Balaban J connectivity index is 1.05. The lowest BCUT2D eigenvalue weighted by molar-refractivity contribution is -0.0419. The molecule has 7 aromatic rings. The molecular formula is C49H42N2. The maximum Gasteiger partial charge on any atom is 0.0541 e. The minimum atomic E-state index is -0.0787. The second kappa shape index (κ2) is 9.82. The van der Waals surface area contributed by atoms with Crippen LogP contribution in [-0.4, -0.2) is 4.57 Å². The van der Waals surface area contributed by atoms with Crippen LogP contribution in [0.5, 0.6) is 0 Å². The van der Waals surface area contributed by atoms with Gasteiger partial charge in [-0.1, -0.05) is 98.8 Å². The smallest absolute Gasteiger partial charge is 0.0541 e. The van der Waals surface area contributed by atoms with Crippen molar-refractivity contribution in [1.82, 2.24) is 4.57 Å². The van der Waals surface area contributed by atoms with Crippen LogP contribution < -0.4 is 4.90 Å². The van der Waals surface area contributed by atoms with Gasteiger partial charge in [0.2, 0.25) is 0 Å². The van der Waals surface area contributed by atoms with E-state index in [0.29, 0.717) is 0 Å². The normalized spacial score (nSPS) is 24.2. The lowest BCUT2D eigenvalue weighted by Gasteiger charge is -2.64. The van der Waals surface area contributed by atoms with Gasteiger partial charge in [0, 0.05) is 33.0 Å². The molecule has 0 amide bonds. The van der Waals surface area contributed by atoms with E-state index in [1.54, 1.807) is 11.1 Å². The van der Waals surface area contributed by atoms with Crippen molar-refractivity contribution >= 4 is 38.9 Å². The van der Waals surface area contributed by atoms with Crippen molar-refractivity contribution in [3.05, 3.63) is 156 Å². The van der Waals surface area contributed by atoms with Gasteiger partial charge >= 0.3 is 0 Å². The maximum atomic E-state index is 2.61. The van der Waals surface area contributed by atoms with Crippen LogP contribution in [0.4, 0.5) is 17.1 Å². The summed E-state index contributed by atoms with van der Waals surface area (Å²) in [7, 11) is 0. The van der Waals surface area contributed by atoms with E-state index in [0.717, 1.165) is 23.7 Å². The lowest BCUT2D eigenvalue weighted by Crippen LogP contribution is -2.57. The van der Waals surface area contributed by atoms with E-state index in [9.17, 15) is 0 Å². The van der Waals surface area contributed by atoms with Gasteiger partial charge in [0.15, 0.2) is 0 Å². The molecule has 1 aliphatic heterocycles. The Morgan fingerprint density at radius 3 is 1.51 bits per heavy atom. The summed E-state index contributed by atoms with van der Waals surface area (Å²) >= 11 is 0. The Hall–Kier alpha value is -5.08. The van der Waals surface area contributed by atoms with Crippen molar-refractivity contribution in [1.29, 1.82) is 0 Å². The zero-order chi connectivity index (χ0) is 33.6. The summed E-state index contributed by atoms with van der Waals surface area (Å²) in [4.78, 5) is 2.61. The summed E-state index contributed by atoms with van der Waals surface area (Å²) in [5, 5.41) is 2.60. The topological polar surface area (TPSA) is 8.17 Å². The quantitative estimate of drug-likeness (QED) is 0.179. The Morgan fingerprint density at radius 1 is 0.471 bits per heavy atom. The molecule has 51 heavy (non-hydrogen) atoms. The summed E-state index contributed by atoms with van der Waals surface area (Å²) in [6.07, 6.45) is 7.07. The van der Waals surface area contributed by atoms with Gasteiger partial charge in [-0.3, -0.25) is 0 Å². The first kappa shape index (κ1) is 28.6. The molecule has 6 aromatic carbocycles. The van der Waals surface area contributed by atoms with Gasteiger partial charge in [-0.15, -0.1) is 0 Å². The van der Waals surface area contributed by atoms with Crippen molar-refractivity contribution in [2.24, 2.45) is 23.7 Å². The fourth-order valence-corrected chi connectivity index (χ4v) is 12.6. The van der Waals surface area contributed by atoms with Crippen molar-refractivity contribution in [3.8, 4) is 16.8 Å². The van der Waals surface area contributed by atoms with Crippen LogP contribution in [0.1, 0.15) is 68.2 Å². The highest BCUT2D eigenvalue weighted by atomic mass is 15.2. The van der Waals surface area contributed by atoms with Crippen molar-refractivity contribution < 1.29 is 0 Å². The number of para-hydroxylation sites is 4. The van der Waals surface area contributed by atoms with E-state index in [2.05, 4.69) is 157 Å². The fraction of sp³-hybridized carbons (Fsp3) is 0.265. The number of aromatic nitrogens is 1. The number of hydrogen-bond acceptors (Lipinski definition) is 1. The third-order valence-corrected chi connectivity index (χ3v) is 14.3. The zero-order valence-electron chi connectivity index (χ0n) is 29.4. The monoisotopic (exact) mass is 658 g/mol. The molecule has 0 saturated heterocycles. The van der Waals surface area contributed by atoms with Gasteiger partial charge in [0.05, 0.1) is 22.4 Å². The highest BCUT2D eigenvalue weighted by Gasteiger charge is 2.61. The molecule has 4 saturated carbocycles. The third kappa shape index (κ3) is 3.54. The Kier molecular flexibility index (Phi) is 5.51. The SMILES string of the molecule is CC1(C)c2ccc(N3c4ccccc4C4(c5ccccc53)C3CC5CC(C3)CC4C5)cc2-c2cc(-n3c4ccccc4c4ccccc43)ccc21. The minimum Gasteiger partial charge on any atom is -0.310 e. The fourth-order valence-electron chi connectivity index (χ4n) is 12.6. The molecule has 0 unspecified atom stereocenters. The summed E-state index contributed by atoms with van der Waals surface area (Å²) in [5.74, 6) is 3.35. The molecule has 4 fully saturated rings. The second-order valence-electron chi connectivity index (χ2n) is 17.0. The molecule has 4 bridgehead atoms. The van der Waals surface area contributed by atoms with Gasteiger partial charge < -0.3 is 9.47 Å². The molecule has 6 aliphatic rings. The van der Waals surface area contributed by atoms with E-state index in [-0.39, 0.29) is 10.8 Å². The van der Waals surface area contributed by atoms with E-state index in [4.69, 9.17) is 0 Å². The van der Waals surface area contributed by atoms with Gasteiger partial charge in [-0.25, -0.2) is 0 Å². The molecule has 0 atom stereocenters. The zero-order valence-corrected chi connectivity index (χ0v) is 29.4. The van der Waals surface area contributed by atoms with Crippen LogP contribution in [0.25, 0.3) is 38.6 Å². The van der Waals surface area contributed by atoms with E-state index in [1.165, 1.54) is 98.9 Å².